The lowest BCUT2D eigenvalue weighted by Gasteiger charge is -2.32. The maximum Gasteiger partial charge on any atom is 0.171 e. The van der Waals surface area contributed by atoms with Gasteiger partial charge in [-0.05, 0) is 12.5 Å². The van der Waals surface area contributed by atoms with Crippen molar-refractivity contribution in [1.29, 1.82) is 0 Å². The van der Waals surface area contributed by atoms with Crippen LogP contribution in [0.2, 0.25) is 5.15 Å². The molecule has 4 atom stereocenters. The van der Waals surface area contributed by atoms with E-state index < -0.39 is 36.5 Å². The van der Waals surface area contributed by atoms with Crippen molar-refractivity contribution >= 4 is 22.6 Å². The molecule has 2 aromatic heterocycles. The number of nitrogens with zero attached hydrogens (tertiary/aromatic N) is 3. The Labute approximate surface area is 135 Å². The number of rotatable bonds is 3. The first-order valence-electron chi connectivity index (χ1n) is 6.81. The Morgan fingerprint density at radius 2 is 2.26 bits per heavy atom. The minimum atomic E-state index is -1.93. The first kappa shape index (κ1) is 16.3. The maximum absolute atomic E-state index is 14.2. The van der Waals surface area contributed by atoms with Crippen molar-refractivity contribution in [3.63, 3.8) is 0 Å². The number of aliphatic hydroxyl groups is 3. The summed E-state index contributed by atoms with van der Waals surface area (Å²) in [5.41, 5.74) is -1.63. The Morgan fingerprint density at radius 1 is 1.57 bits per heavy atom. The number of aromatic nitrogens is 3. The van der Waals surface area contributed by atoms with Crippen LogP contribution >= 0.6 is 11.6 Å². The van der Waals surface area contributed by atoms with Gasteiger partial charge in [0.05, 0.1) is 12.0 Å². The molecular weight excluding hydrogens is 329 g/mol. The normalized spacial score (nSPS) is 31.0. The first-order chi connectivity index (χ1) is 10.8. The summed E-state index contributed by atoms with van der Waals surface area (Å²) < 4.78 is 20.9. The van der Waals surface area contributed by atoms with Crippen LogP contribution in [0.15, 0.2) is 24.7 Å². The summed E-state index contributed by atoms with van der Waals surface area (Å²) in [5.74, 6) is -0.694. The molecule has 1 aliphatic rings. The molecular formula is C14H15ClFN3O4. The van der Waals surface area contributed by atoms with Gasteiger partial charge in [-0.2, -0.15) is 0 Å². The zero-order chi connectivity index (χ0) is 16.9. The van der Waals surface area contributed by atoms with Crippen molar-refractivity contribution in [2.24, 2.45) is 0 Å². The van der Waals surface area contributed by atoms with Crippen LogP contribution in [0.3, 0.4) is 0 Å². The maximum atomic E-state index is 14.2. The number of hydrogen-bond acceptors (Lipinski definition) is 6. The molecule has 1 fully saturated rings. The van der Waals surface area contributed by atoms with Crippen molar-refractivity contribution in [3.05, 3.63) is 35.6 Å². The third-order valence-corrected chi connectivity index (χ3v) is 4.40. The largest absolute Gasteiger partial charge is 0.394 e. The lowest BCUT2D eigenvalue weighted by atomic mass is 9.87. The van der Waals surface area contributed by atoms with Gasteiger partial charge in [0.1, 0.15) is 29.3 Å². The second-order valence-corrected chi connectivity index (χ2v) is 5.87. The molecule has 0 radical (unpaired) electrons. The third-order valence-electron chi connectivity index (χ3n) is 4.12. The summed E-state index contributed by atoms with van der Waals surface area (Å²) >= 11 is 5.89. The quantitative estimate of drug-likeness (QED) is 0.562. The van der Waals surface area contributed by atoms with Crippen LogP contribution < -0.4 is 0 Å². The number of hydrogen-bond donors (Lipinski definition) is 3. The Balaban J connectivity index is 2.21. The summed E-state index contributed by atoms with van der Waals surface area (Å²) in [6.07, 6.45) is -1.52. The minimum Gasteiger partial charge on any atom is -0.394 e. The monoisotopic (exact) mass is 343 g/mol. The number of ether oxygens (including phenoxy) is 1. The minimum absolute atomic E-state index is 0.0243. The highest BCUT2D eigenvalue weighted by Gasteiger charge is 2.57. The van der Waals surface area contributed by atoms with E-state index in [4.69, 9.17) is 16.3 Å². The molecule has 0 spiro atoms. The molecule has 0 unspecified atom stereocenters. The lowest BCUT2D eigenvalue weighted by molar-refractivity contribution is -0.0833. The molecule has 23 heavy (non-hydrogen) atoms. The smallest absolute Gasteiger partial charge is 0.171 e. The molecule has 2 aromatic rings. The van der Waals surface area contributed by atoms with E-state index in [-0.39, 0.29) is 21.8 Å². The van der Waals surface area contributed by atoms with Gasteiger partial charge in [-0.15, -0.1) is 0 Å². The van der Waals surface area contributed by atoms with Crippen molar-refractivity contribution in [1.82, 2.24) is 14.5 Å². The molecule has 3 N–H and O–H groups in total. The average molecular weight is 344 g/mol. The van der Waals surface area contributed by atoms with E-state index in [1.165, 1.54) is 11.5 Å². The Morgan fingerprint density at radius 3 is 2.87 bits per heavy atom. The molecule has 0 amide bonds. The van der Waals surface area contributed by atoms with E-state index in [2.05, 4.69) is 16.5 Å². The Bertz CT molecular complexity index is 783. The molecule has 3 rings (SSSR count). The summed E-state index contributed by atoms with van der Waals surface area (Å²) in [6.45, 7) is 4.65. The first-order valence-corrected chi connectivity index (χ1v) is 7.19. The molecule has 0 saturated carbocycles. The van der Waals surface area contributed by atoms with Crippen LogP contribution in [0.1, 0.15) is 13.2 Å². The van der Waals surface area contributed by atoms with Gasteiger partial charge < -0.3 is 20.1 Å². The van der Waals surface area contributed by atoms with Crippen molar-refractivity contribution in [3.8, 4) is 0 Å². The van der Waals surface area contributed by atoms with Crippen LogP contribution in [0, 0.1) is 5.82 Å². The van der Waals surface area contributed by atoms with Crippen molar-refractivity contribution in [2.75, 3.05) is 6.61 Å². The molecule has 0 aliphatic carbocycles. The van der Waals surface area contributed by atoms with E-state index >= 15 is 0 Å². The van der Waals surface area contributed by atoms with E-state index in [0.29, 0.717) is 0 Å². The zero-order valence-corrected chi connectivity index (χ0v) is 12.9. The Kier molecular flexibility index (Phi) is 3.89. The van der Waals surface area contributed by atoms with Gasteiger partial charge in [0.2, 0.25) is 0 Å². The van der Waals surface area contributed by atoms with Crippen molar-refractivity contribution < 1.29 is 24.4 Å². The Hall–Kier alpha value is -1.58. The average Bonchev–Trinajstić information content (AvgIpc) is 2.97. The van der Waals surface area contributed by atoms with Gasteiger partial charge in [0.15, 0.2) is 17.6 Å². The molecule has 0 bridgehead atoms. The van der Waals surface area contributed by atoms with Crippen LogP contribution in [0.4, 0.5) is 4.39 Å². The molecule has 7 nitrogen and oxygen atoms in total. The van der Waals surface area contributed by atoms with E-state index in [1.54, 1.807) is 0 Å². The number of halogens is 2. The topological polar surface area (TPSA) is 101 Å². The van der Waals surface area contributed by atoms with E-state index in [9.17, 15) is 19.7 Å². The highest BCUT2D eigenvalue weighted by molar-refractivity contribution is 6.34. The third kappa shape index (κ3) is 2.18. The SMILES string of the molecule is C=C(C)[C@@]1(O)[C@H](O)[C@@H](CO)O[C@H]1n1cc(F)c2c(Cl)ncnc21. The van der Waals surface area contributed by atoms with Gasteiger partial charge in [-0.1, -0.05) is 18.2 Å². The van der Waals surface area contributed by atoms with Crippen LogP contribution in [0.25, 0.3) is 11.0 Å². The predicted molar refractivity (Wildman–Crippen MR) is 79.3 cm³/mol. The predicted octanol–water partition coefficient (Wildman–Crippen LogP) is 0.782. The zero-order valence-electron chi connectivity index (χ0n) is 12.1. The van der Waals surface area contributed by atoms with Gasteiger partial charge in [0, 0.05) is 6.20 Å². The second-order valence-electron chi connectivity index (χ2n) is 5.51. The molecule has 3 heterocycles. The number of aliphatic hydroxyl groups excluding tert-OH is 2. The second kappa shape index (κ2) is 5.50. The highest BCUT2D eigenvalue weighted by Crippen LogP contribution is 2.44. The fraction of sp³-hybridized carbons (Fsp3) is 0.429. The standard InChI is InChI=1S/C14H15ClFN3O4/c1-6(2)14(22)10(21)8(4-20)23-13(14)19-3-7(16)9-11(15)17-5-18-12(9)19/h3,5,8,10,13,20-22H,1,4H2,2H3/t8-,10-,13-,14-/m1/s1. The lowest BCUT2D eigenvalue weighted by Crippen LogP contribution is -2.47. The number of fused-ring (bicyclic) bond motifs is 1. The van der Waals surface area contributed by atoms with Gasteiger partial charge in [-0.3, -0.25) is 4.57 Å². The molecule has 124 valence electrons. The molecule has 1 aliphatic heterocycles. The molecule has 0 aromatic carbocycles. The van der Waals surface area contributed by atoms with Crippen LogP contribution in [-0.2, 0) is 4.74 Å². The van der Waals surface area contributed by atoms with Crippen LogP contribution in [0.5, 0.6) is 0 Å². The van der Waals surface area contributed by atoms with Crippen LogP contribution in [-0.4, -0.2) is 54.3 Å². The molecule has 1 saturated heterocycles. The van der Waals surface area contributed by atoms with E-state index in [1.807, 2.05) is 0 Å². The van der Waals surface area contributed by atoms with Gasteiger partial charge in [-0.25, -0.2) is 14.4 Å². The summed E-state index contributed by atoms with van der Waals surface area (Å²) in [4.78, 5) is 7.69. The van der Waals surface area contributed by atoms with Gasteiger partial charge >= 0.3 is 0 Å². The summed E-state index contributed by atoms with van der Waals surface area (Å²) in [7, 11) is 0. The summed E-state index contributed by atoms with van der Waals surface area (Å²) in [6, 6.07) is 0. The highest BCUT2D eigenvalue weighted by atomic mass is 35.5. The van der Waals surface area contributed by atoms with Crippen molar-refractivity contribution in [2.45, 2.75) is 31.0 Å². The van der Waals surface area contributed by atoms with Gasteiger partial charge in [0.25, 0.3) is 0 Å². The summed E-state index contributed by atoms with van der Waals surface area (Å²) in [5, 5.41) is 30.4. The fourth-order valence-electron chi connectivity index (χ4n) is 2.84. The molecule has 9 heteroatoms. The fourth-order valence-corrected chi connectivity index (χ4v) is 3.06. The van der Waals surface area contributed by atoms with E-state index in [0.717, 1.165) is 12.5 Å².